The van der Waals surface area contributed by atoms with E-state index in [1.807, 2.05) is 20.8 Å². The Morgan fingerprint density at radius 1 is 1.45 bits per heavy atom. The molecule has 0 unspecified atom stereocenters. The average Bonchev–Trinajstić information content (AvgIpc) is 1.83. The molecule has 0 heterocycles. The van der Waals surface area contributed by atoms with Crippen molar-refractivity contribution < 1.29 is 4.79 Å². The maximum absolute atomic E-state index is 10.9. The summed E-state index contributed by atoms with van der Waals surface area (Å²) in [6, 6.07) is -0.419. The van der Waals surface area contributed by atoms with Gasteiger partial charge in [0.2, 0.25) is 5.91 Å². The average molecular weight is 225 g/mol. The highest BCUT2D eigenvalue weighted by molar-refractivity contribution is 8.93. The van der Waals surface area contributed by atoms with E-state index in [1.165, 1.54) is 0 Å². The maximum Gasteiger partial charge on any atom is 0.237 e. The summed E-state index contributed by atoms with van der Waals surface area (Å²) in [5.41, 5.74) is 5.44. The first-order chi connectivity index (χ1) is 4.39. The quantitative estimate of drug-likeness (QED) is 0.689. The van der Waals surface area contributed by atoms with Gasteiger partial charge in [0.25, 0.3) is 0 Å². The van der Waals surface area contributed by atoms with E-state index in [1.54, 1.807) is 7.05 Å². The van der Waals surface area contributed by atoms with Crippen molar-refractivity contribution in [2.24, 2.45) is 11.1 Å². The molecule has 0 aromatic heterocycles. The van der Waals surface area contributed by atoms with Gasteiger partial charge in [-0.1, -0.05) is 20.8 Å². The molecule has 0 rings (SSSR count). The summed E-state index contributed by atoms with van der Waals surface area (Å²) in [7, 11) is 1.59. The van der Waals surface area contributed by atoms with Crippen LogP contribution in [0.3, 0.4) is 0 Å². The molecule has 0 aliphatic carbocycles. The van der Waals surface area contributed by atoms with E-state index in [2.05, 4.69) is 5.32 Å². The summed E-state index contributed by atoms with van der Waals surface area (Å²) in [6.07, 6.45) is 0. The van der Waals surface area contributed by atoms with E-state index < -0.39 is 6.04 Å². The predicted octanol–water partition coefficient (Wildman–Crippen LogP) is 0.684. The van der Waals surface area contributed by atoms with E-state index in [-0.39, 0.29) is 28.3 Å². The molecule has 4 heteroatoms. The van der Waals surface area contributed by atoms with Crippen LogP contribution in [0.15, 0.2) is 0 Å². The van der Waals surface area contributed by atoms with Crippen molar-refractivity contribution in [2.75, 3.05) is 7.05 Å². The first-order valence-electron chi connectivity index (χ1n) is 3.36. The van der Waals surface area contributed by atoms with Gasteiger partial charge >= 0.3 is 0 Å². The van der Waals surface area contributed by atoms with Crippen LogP contribution < -0.4 is 11.1 Å². The topological polar surface area (TPSA) is 55.1 Å². The van der Waals surface area contributed by atoms with E-state index in [0.717, 1.165) is 0 Å². The van der Waals surface area contributed by atoms with Gasteiger partial charge in [0, 0.05) is 7.05 Å². The molecule has 0 radical (unpaired) electrons. The molecule has 1 amide bonds. The molecular formula is C7H17BrN2O. The highest BCUT2D eigenvalue weighted by Gasteiger charge is 2.26. The van der Waals surface area contributed by atoms with Crippen LogP contribution in [0.5, 0.6) is 0 Å². The molecule has 0 aliphatic rings. The van der Waals surface area contributed by atoms with Crippen molar-refractivity contribution in [3.05, 3.63) is 0 Å². The Labute approximate surface area is 78.5 Å². The van der Waals surface area contributed by atoms with E-state index in [4.69, 9.17) is 5.73 Å². The fraction of sp³-hybridized carbons (Fsp3) is 0.857. The number of likely N-dealkylation sites (N-methyl/N-ethyl adjacent to an activating group) is 1. The van der Waals surface area contributed by atoms with Crippen LogP contribution in [-0.2, 0) is 4.79 Å². The normalized spacial score (nSPS) is 13.2. The minimum atomic E-state index is -0.419. The number of carbonyl (C=O) groups is 1. The number of amides is 1. The summed E-state index contributed by atoms with van der Waals surface area (Å²) in [5, 5.41) is 2.51. The number of nitrogens with two attached hydrogens (primary N) is 1. The molecule has 0 aromatic carbocycles. The lowest BCUT2D eigenvalue weighted by atomic mass is 9.87. The summed E-state index contributed by atoms with van der Waals surface area (Å²) in [5.74, 6) is -0.104. The van der Waals surface area contributed by atoms with Gasteiger partial charge < -0.3 is 11.1 Å². The number of nitrogens with one attached hydrogen (secondary N) is 1. The molecule has 0 fully saturated rings. The van der Waals surface area contributed by atoms with E-state index in [0.29, 0.717) is 0 Å². The van der Waals surface area contributed by atoms with Gasteiger partial charge in [-0.2, -0.15) is 0 Å². The summed E-state index contributed by atoms with van der Waals surface area (Å²) >= 11 is 0. The number of rotatable bonds is 1. The van der Waals surface area contributed by atoms with Crippen molar-refractivity contribution in [1.82, 2.24) is 5.32 Å². The van der Waals surface area contributed by atoms with E-state index in [9.17, 15) is 4.79 Å². The van der Waals surface area contributed by atoms with Crippen LogP contribution in [0.25, 0.3) is 0 Å². The number of halogens is 1. The third-order valence-corrected chi connectivity index (χ3v) is 1.46. The molecule has 0 aliphatic heterocycles. The number of carbonyl (C=O) groups excluding carboxylic acids is 1. The van der Waals surface area contributed by atoms with Gasteiger partial charge in [-0.25, -0.2) is 0 Å². The van der Waals surface area contributed by atoms with Crippen molar-refractivity contribution >= 4 is 22.9 Å². The molecular weight excluding hydrogens is 208 g/mol. The van der Waals surface area contributed by atoms with Crippen LogP contribution in [0.4, 0.5) is 0 Å². The van der Waals surface area contributed by atoms with Crippen molar-refractivity contribution in [1.29, 1.82) is 0 Å². The molecule has 3 nitrogen and oxygen atoms in total. The Hall–Kier alpha value is -0.0900. The zero-order valence-corrected chi connectivity index (χ0v) is 9.18. The number of hydrogen-bond donors (Lipinski definition) is 2. The smallest absolute Gasteiger partial charge is 0.237 e. The SMILES string of the molecule is Br.CNC(=O)[C@@H](N)C(C)(C)C. The monoisotopic (exact) mass is 224 g/mol. The zero-order valence-electron chi connectivity index (χ0n) is 7.47. The minimum Gasteiger partial charge on any atom is -0.358 e. The molecule has 11 heavy (non-hydrogen) atoms. The third kappa shape index (κ3) is 4.37. The van der Waals surface area contributed by atoms with Crippen molar-refractivity contribution in [3.63, 3.8) is 0 Å². The van der Waals surface area contributed by atoms with Crippen molar-refractivity contribution in [3.8, 4) is 0 Å². The largest absolute Gasteiger partial charge is 0.358 e. The molecule has 0 spiro atoms. The summed E-state index contributed by atoms with van der Waals surface area (Å²) in [4.78, 5) is 10.9. The lowest BCUT2D eigenvalue weighted by Gasteiger charge is -2.24. The van der Waals surface area contributed by atoms with Crippen LogP contribution in [-0.4, -0.2) is 19.0 Å². The Balaban J connectivity index is 0. The molecule has 68 valence electrons. The second-order valence-corrected chi connectivity index (χ2v) is 3.46. The van der Waals surface area contributed by atoms with Gasteiger partial charge in [-0.05, 0) is 5.41 Å². The highest BCUT2D eigenvalue weighted by Crippen LogP contribution is 2.16. The van der Waals surface area contributed by atoms with Gasteiger partial charge in [-0.3, -0.25) is 4.79 Å². The Morgan fingerprint density at radius 3 is 1.91 bits per heavy atom. The minimum absolute atomic E-state index is 0. The van der Waals surface area contributed by atoms with Gasteiger partial charge in [0.05, 0.1) is 6.04 Å². The summed E-state index contributed by atoms with van der Waals surface area (Å²) < 4.78 is 0. The van der Waals surface area contributed by atoms with Crippen molar-refractivity contribution in [2.45, 2.75) is 26.8 Å². The van der Waals surface area contributed by atoms with Gasteiger partial charge in [0.1, 0.15) is 0 Å². The molecule has 0 saturated carbocycles. The third-order valence-electron chi connectivity index (χ3n) is 1.46. The Kier molecular flexibility index (Phi) is 5.79. The van der Waals surface area contributed by atoms with Crippen LogP contribution in [0, 0.1) is 5.41 Å². The maximum atomic E-state index is 10.9. The molecule has 3 N–H and O–H groups in total. The summed E-state index contributed by atoms with van der Waals surface area (Å²) in [6.45, 7) is 5.81. The first kappa shape index (κ1) is 13.5. The van der Waals surface area contributed by atoms with Crippen LogP contribution in [0.2, 0.25) is 0 Å². The molecule has 0 aromatic rings. The predicted molar refractivity (Wildman–Crippen MR) is 51.8 cm³/mol. The Morgan fingerprint density at radius 2 is 1.82 bits per heavy atom. The standard InChI is InChI=1S/C7H16N2O.BrH/c1-7(2,3)5(8)6(10)9-4;/h5H,8H2,1-4H3,(H,9,10);1H/t5-;/m1./s1. The van der Waals surface area contributed by atoms with Crippen LogP contribution >= 0.6 is 17.0 Å². The lowest BCUT2D eigenvalue weighted by Crippen LogP contribution is -2.47. The lowest BCUT2D eigenvalue weighted by molar-refractivity contribution is -0.123. The second-order valence-electron chi connectivity index (χ2n) is 3.46. The Bertz CT molecular complexity index is 131. The van der Waals surface area contributed by atoms with Gasteiger partial charge in [0.15, 0.2) is 0 Å². The fourth-order valence-electron chi connectivity index (χ4n) is 0.549. The number of hydrogen-bond acceptors (Lipinski definition) is 2. The fourth-order valence-corrected chi connectivity index (χ4v) is 0.549. The van der Waals surface area contributed by atoms with E-state index >= 15 is 0 Å². The second kappa shape index (κ2) is 4.72. The van der Waals surface area contributed by atoms with Gasteiger partial charge in [-0.15, -0.1) is 17.0 Å². The molecule has 0 saturated heterocycles. The first-order valence-corrected chi connectivity index (χ1v) is 3.36. The molecule has 0 bridgehead atoms. The highest BCUT2D eigenvalue weighted by atomic mass is 79.9. The molecule has 1 atom stereocenters. The van der Waals surface area contributed by atoms with Crippen LogP contribution in [0.1, 0.15) is 20.8 Å². The zero-order chi connectivity index (χ0) is 8.36.